The molecule has 1 unspecified atom stereocenters. The third-order valence-corrected chi connectivity index (χ3v) is 2.51. The maximum atomic E-state index is 11.1. The summed E-state index contributed by atoms with van der Waals surface area (Å²) in [5.41, 5.74) is 1.07. The zero-order chi connectivity index (χ0) is 9.97. The predicted octanol–water partition coefficient (Wildman–Crippen LogP) is 1.65. The molecule has 1 aliphatic rings. The summed E-state index contributed by atoms with van der Waals surface area (Å²) in [6, 6.07) is 7.93. The Bertz CT molecular complexity index is 349. The van der Waals surface area contributed by atoms with Gasteiger partial charge in [0.05, 0.1) is 13.2 Å². The Hall–Kier alpha value is -1.51. The highest BCUT2D eigenvalue weighted by Gasteiger charge is 2.24. The van der Waals surface area contributed by atoms with Crippen molar-refractivity contribution in [1.29, 1.82) is 0 Å². The standard InChI is InChI=1S/C11H13NO2/c1-14-10-5-3-2-4-8(10)9-6-7-11(13)12-9/h2-5,9H,6-7H2,1H3,(H,12,13). The SMILES string of the molecule is COc1ccccc1C1CCC(=O)N1. The van der Waals surface area contributed by atoms with Crippen molar-refractivity contribution in [2.75, 3.05) is 7.11 Å². The van der Waals surface area contributed by atoms with E-state index in [4.69, 9.17) is 4.74 Å². The molecule has 1 N–H and O–H groups in total. The van der Waals surface area contributed by atoms with Crippen LogP contribution in [0.2, 0.25) is 0 Å². The number of amides is 1. The fourth-order valence-corrected chi connectivity index (χ4v) is 1.80. The lowest BCUT2D eigenvalue weighted by Gasteiger charge is -2.13. The summed E-state index contributed by atoms with van der Waals surface area (Å²) >= 11 is 0. The molecule has 1 aromatic rings. The molecule has 0 saturated carbocycles. The van der Waals surface area contributed by atoms with Crippen LogP contribution in [0, 0.1) is 0 Å². The second-order valence-electron chi connectivity index (χ2n) is 3.40. The molecule has 1 atom stereocenters. The first-order valence-corrected chi connectivity index (χ1v) is 4.73. The van der Waals surface area contributed by atoms with Crippen molar-refractivity contribution < 1.29 is 9.53 Å². The van der Waals surface area contributed by atoms with Gasteiger partial charge in [0, 0.05) is 12.0 Å². The average molecular weight is 191 g/mol. The first-order chi connectivity index (χ1) is 6.81. The third-order valence-electron chi connectivity index (χ3n) is 2.51. The number of ether oxygens (including phenoxy) is 1. The van der Waals surface area contributed by atoms with Gasteiger partial charge in [-0.2, -0.15) is 0 Å². The number of nitrogens with one attached hydrogen (secondary N) is 1. The number of benzene rings is 1. The summed E-state index contributed by atoms with van der Waals surface area (Å²) in [6.07, 6.45) is 1.47. The van der Waals surface area contributed by atoms with Gasteiger partial charge in [-0.15, -0.1) is 0 Å². The molecule has 3 nitrogen and oxygen atoms in total. The van der Waals surface area contributed by atoms with Gasteiger partial charge in [-0.25, -0.2) is 0 Å². The molecule has 0 aromatic heterocycles. The second kappa shape index (κ2) is 3.70. The molecule has 3 heteroatoms. The van der Waals surface area contributed by atoms with Gasteiger partial charge in [0.25, 0.3) is 0 Å². The normalized spacial score (nSPS) is 20.6. The van der Waals surface area contributed by atoms with Gasteiger partial charge < -0.3 is 10.1 Å². The Morgan fingerprint density at radius 1 is 1.43 bits per heavy atom. The quantitative estimate of drug-likeness (QED) is 0.771. The minimum Gasteiger partial charge on any atom is -0.496 e. The molecule has 1 aromatic carbocycles. The van der Waals surface area contributed by atoms with Crippen LogP contribution >= 0.6 is 0 Å². The molecule has 2 rings (SSSR count). The fraction of sp³-hybridized carbons (Fsp3) is 0.364. The van der Waals surface area contributed by atoms with Crippen molar-refractivity contribution in [3.8, 4) is 5.75 Å². The zero-order valence-electron chi connectivity index (χ0n) is 8.12. The van der Waals surface area contributed by atoms with Crippen LogP contribution in [0.3, 0.4) is 0 Å². The molecule has 1 amide bonds. The average Bonchev–Trinajstić information content (AvgIpc) is 2.65. The highest BCUT2D eigenvalue weighted by atomic mass is 16.5. The summed E-state index contributed by atoms with van der Waals surface area (Å²) in [4.78, 5) is 11.1. The van der Waals surface area contributed by atoms with E-state index < -0.39 is 0 Å². The zero-order valence-corrected chi connectivity index (χ0v) is 8.12. The van der Waals surface area contributed by atoms with E-state index in [1.54, 1.807) is 7.11 Å². The molecule has 14 heavy (non-hydrogen) atoms. The number of methoxy groups -OCH3 is 1. The summed E-state index contributed by atoms with van der Waals surface area (Å²) in [6.45, 7) is 0. The van der Waals surface area contributed by atoms with Crippen molar-refractivity contribution in [2.45, 2.75) is 18.9 Å². The van der Waals surface area contributed by atoms with E-state index >= 15 is 0 Å². The van der Waals surface area contributed by atoms with E-state index in [9.17, 15) is 4.79 Å². The first kappa shape index (κ1) is 9.06. The van der Waals surface area contributed by atoms with Gasteiger partial charge in [-0.1, -0.05) is 18.2 Å². The van der Waals surface area contributed by atoms with Crippen LogP contribution in [-0.4, -0.2) is 13.0 Å². The van der Waals surface area contributed by atoms with E-state index in [-0.39, 0.29) is 11.9 Å². The number of hydrogen-bond acceptors (Lipinski definition) is 2. The third kappa shape index (κ3) is 1.58. The van der Waals surface area contributed by atoms with E-state index in [0.29, 0.717) is 6.42 Å². The smallest absolute Gasteiger partial charge is 0.220 e. The number of para-hydroxylation sites is 1. The number of carbonyl (C=O) groups excluding carboxylic acids is 1. The summed E-state index contributed by atoms with van der Waals surface area (Å²) in [5.74, 6) is 0.973. The van der Waals surface area contributed by atoms with Crippen molar-refractivity contribution in [1.82, 2.24) is 5.32 Å². The van der Waals surface area contributed by atoms with E-state index in [1.165, 1.54) is 0 Å². The van der Waals surface area contributed by atoms with Crippen LogP contribution in [0.25, 0.3) is 0 Å². The molecule has 0 bridgehead atoms. The molecule has 0 spiro atoms. The molecule has 74 valence electrons. The first-order valence-electron chi connectivity index (χ1n) is 4.73. The number of carbonyl (C=O) groups is 1. The van der Waals surface area contributed by atoms with Crippen LogP contribution < -0.4 is 10.1 Å². The van der Waals surface area contributed by atoms with Crippen LogP contribution in [-0.2, 0) is 4.79 Å². The largest absolute Gasteiger partial charge is 0.496 e. The van der Waals surface area contributed by atoms with Gasteiger partial charge in [0.1, 0.15) is 5.75 Å². The summed E-state index contributed by atoms with van der Waals surface area (Å²) < 4.78 is 5.24. The minimum atomic E-state index is 0.124. The van der Waals surface area contributed by atoms with Gasteiger partial charge in [-0.05, 0) is 12.5 Å². The fourth-order valence-electron chi connectivity index (χ4n) is 1.80. The number of hydrogen-bond donors (Lipinski definition) is 1. The molecular weight excluding hydrogens is 178 g/mol. The topological polar surface area (TPSA) is 38.3 Å². The molecule has 0 radical (unpaired) electrons. The molecule has 0 aliphatic carbocycles. The van der Waals surface area contributed by atoms with Gasteiger partial charge in [0.2, 0.25) is 5.91 Å². The maximum Gasteiger partial charge on any atom is 0.220 e. The molecule has 1 aliphatic heterocycles. The lowest BCUT2D eigenvalue weighted by Crippen LogP contribution is -2.18. The summed E-state index contributed by atoms with van der Waals surface area (Å²) in [5, 5.41) is 2.93. The van der Waals surface area contributed by atoms with Gasteiger partial charge >= 0.3 is 0 Å². The van der Waals surface area contributed by atoms with Crippen molar-refractivity contribution >= 4 is 5.91 Å². The highest BCUT2D eigenvalue weighted by Crippen LogP contribution is 2.30. The van der Waals surface area contributed by atoms with Gasteiger partial charge in [-0.3, -0.25) is 4.79 Å². The molecular formula is C11H13NO2. The van der Waals surface area contributed by atoms with E-state index in [2.05, 4.69) is 5.32 Å². The Labute approximate surface area is 83.1 Å². The summed E-state index contributed by atoms with van der Waals surface area (Å²) in [7, 11) is 1.65. The molecule has 1 heterocycles. The van der Waals surface area contributed by atoms with Crippen molar-refractivity contribution in [3.05, 3.63) is 29.8 Å². The second-order valence-corrected chi connectivity index (χ2v) is 3.40. The molecule has 1 saturated heterocycles. The predicted molar refractivity (Wildman–Crippen MR) is 53.1 cm³/mol. The maximum absolute atomic E-state index is 11.1. The molecule has 1 fully saturated rings. The van der Waals surface area contributed by atoms with Crippen LogP contribution in [0.5, 0.6) is 5.75 Å². The van der Waals surface area contributed by atoms with Crippen LogP contribution in [0.15, 0.2) is 24.3 Å². The van der Waals surface area contributed by atoms with Crippen molar-refractivity contribution in [2.24, 2.45) is 0 Å². The van der Waals surface area contributed by atoms with Crippen LogP contribution in [0.1, 0.15) is 24.4 Å². The van der Waals surface area contributed by atoms with Crippen LogP contribution in [0.4, 0.5) is 0 Å². The number of rotatable bonds is 2. The Balaban J connectivity index is 2.27. The Kier molecular flexibility index (Phi) is 2.39. The van der Waals surface area contributed by atoms with E-state index in [1.807, 2.05) is 24.3 Å². The van der Waals surface area contributed by atoms with Crippen molar-refractivity contribution in [3.63, 3.8) is 0 Å². The minimum absolute atomic E-state index is 0.124. The highest BCUT2D eigenvalue weighted by molar-refractivity contribution is 5.78. The monoisotopic (exact) mass is 191 g/mol. The Morgan fingerprint density at radius 2 is 2.21 bits per heavy atom. The lowest BCUT2D eigenvalue weighted by molar-refractivity contribution is -0.119. The van der Waals surface area contributed by atoms with E-state index in [0.717, 1.165) is 17.7 Å². The Morgan fingerprint density at radius 3 is 2.86 bits per heavy atom. The van der Waals surface area contributed by atoms with Gasteiger partial charge in [0.15, 0.2) is 0 Å². The lowest BCUT2D eigenvalue weighted by atomic mass is 10.0.